The minimum atomic E-state index is -0.305. The van der Waals surface area contributed by atoms with E-state index >= 15 is 0 Å². The predicted octanol–water partition coefficient (Wildman–Crippen LogP) is 2.50. The van der Waals surface area contributed by atoms with Crippen molar-refractivity contribution < 1.29 is 4.52 Å². The van der Waals surface area contributed by atoms with Gasteiger partial charge in [0.25, 0.3) is 5.56 Å². The molecule has 27 heavy (non-hydrogen) atoms. The number of para-hydroxylation sites is 1. The highest BCUT2D eigenvalue weighted by Crippen LogP contribution is 2.23. The number of rotatable bonds is 4. The molecule has 0 amide bonds. The Hall–Kier alpha value is -2.64. The van der Waals surface area contributed by atoms with E-state index in [1.165, 1.54) is 4.68 Å². The maximum atomic E-state index is 12.7. The van der Waals surface area contributed by atoms with Crippen LogP contribution in [-0.2, 0) is 6.54 Å². The molecular weight excluding hydrogens is 366 g/mol. The molecule has 0 N–H and O–H groups in total. The second-order valence-corrected chi connectivity index (χ2v) is 6.97. The molecule has 8 heteroatoms. The summed E-state index contributed by atoms with van der Waals surface area (Å²) in [7, 11) is 0. The number of hydrogen-bond donors (Lipinski definition) is 0. The van der Waals surface area contributed by atoms with E-state index in [0.717, 1.165) is 44.2 Å². The van der Waals surface area contributed by atoms with E-state index in [1.807, 2.05) is 43.3 Å². The molecule has 1 saturated heterocycles. The van der Waals surface area contributed by atoms with Crippen LogP contribution in [0.2, 0.25) is 5.02 Å². The molecule has 1 aliphatic rings. The number of piperazine rings is 1. The molecule has 1 aromatic carbocycles. The summed E-state index contributed by atoms with van der Waals surface area (Å²) < 4.78 is 6.45. The van der Waals surface area contributed by atoms with Crippen LogP contribution >= 0.6 is 11.6 Å². The summed E-state index contributed by atoms with van der Waals surface area (Å²) in [6, 6.07) is 11.2. The lowest BCUT2D eigenvalue weighted by molar-refractivity contribution is 0.241. The maximum absolute atomic E-state index is 12.7. The van der Waals surface area contributed by atoms with E-state index in [-0.39, 0.29) is 10.6 Å². The van der Waals surface area contributed by atoms with E-state index in [0.29, 0.717) is 11.4 Å². The van der Waals surface area contributed by atoms with Crippen molar-refractivity contribution in [1.82, 2.24) is 19.8 Å². The van der Waals surface area contributed by atoms with Gasteiger partial charge in [-0.1, -0.05) is 35.0 Å². The summed E-state index contributed by atoms with van der Waals surface area (Å²) in [5, 5.41) is 8.57. The van der Waals surface area contributed by atoms with Gasteiger partial charge < -0.3 is 9.42 Å². The summed E-state index contributed by atoms with van der Waals surface area (Å²) >= 11 is 6.40. The van der Waals surface area contributed by atoms with E-state index in [4.69, 9.17) is 16.1 Å². The molecule has 0 unspecified atom stereocenters. The molecule has 3 heterocycles. The number of aryl methyl sites for hydroxylation is 1. The quantitative estimate of drug-likeness (QED) is 0.687. The van der Waals surface area contributed by atoms with Gasteiger partial charge in [-0.15, -0.1) is 0 Å². The Balaban J connectivity index is 1.47. The molecule has 4 rings (SSSR count). The third-order valence-corrected chi connectivity index (χ3v) is 5.03. The average molecular weight is 386 g/mol. The molecule has 0 atom stereocenters. The molecule has 0 saturated carbocycles. The second kappa shape index (κ2) is 7.54. The van der Waals surface area contributed by atoms with Crippen LogP contribution in [0.1, 0.15) is 11.5 Å². The van der Waals surface area contributed by atoms with E-state index < -0.39 is 0 Å². The highest BCUT2D eigenvalue weighted by molar-refractivity contribution is 6.33. The molecule has 0 radical (unpaired) electrons. The van der Waals surface area contributed by atoms with Gasteiger partial charge in [0.1, 0.15) is 10.8 Å². The monoisotopic (exact) mass is 385 g/mol. The van der Waals surface area contributed by atoms with Gasteiger partial charge >= 0.3 is 0 Å². The van der Waals surface area contributed by atoms with Gasteiger partial charge in [0.15, 0.2) is 0 Å². The molecular formula is C19H20ClN5O2. The lowest BCUT2D eigenvalue weighted by Gasteiger charge is -2.35. The number of nitrogens with zero attached hydrogens (tertiary/aromatic N) is 5. The Labute approximate surface area is 161 Å². The number of hydrogen-bond acceptors (Lipinski definition) is 6. The van der Waals surface area contributed by atoms with Gasteiger partial charge in [-0.3, -0.25) is 9.69 Å². The van der Waals surface area contributed by atoms with Gasteiger partial charge in [0.2, 0.25) is 0 Å². The molecule has 7 nitrogen and oxygen atoms in total. The molecule has 1 aliphatic heterocycles. The minimum Gasteiger partial charge on any atom is -0.366 e. The van der Waals surface area contributed by atoms with Crippen molar-refractivity contribution in [2.75, 3.05) is 31.1 Å². The summed E-state index contributed by atoms with van der Waals surface area (Å²) in [5.41, 5.74) is 2.02. The number of aromatic nitrogens is 3. The van der Waals surface area contributed by atoms with Crippen molar-refractivity contribution in [3.05, 3.63) is 69.4 Å². The van der Waals surface area contributed by atoms with E-state index in [2.05, 4.69) is 20.1 Å². The fourth-order valence-electron chi connectivity index (χ4n) is 3.27. The van der Waals surface area contributed by atoms with Crippen LogP contribution in [0.25, 0.3) is 5.69 Å². The van der Waals surface area contributed by atoms with Gasteiger partial charge in [-0.25, -0.2) is 0 Å². The molecule has 3 aromatic rings. The van der Waals surface area contributed by atoms with E-state index in [9.17, 15) is 4.79 Å². The van der Waals surface area contributed by atoms with E-state index in [1.54, 1.807) is 6.20 Å². The molecule has 0 bridgehead atoms. The van der Waals surface area contributed by atoms with Gasteiger partial charge in [-0.05, 0) is 19.1 Å². The Kier molecular flexibility index (Phi) is 4.96. The first-order valence-corrected chi connectivity index (χ1v) is 9.22. The smallest absolute Gasteiger partial charge is 0.292 e. The van der Waals surface area contributed by atoms with Crippen molar-refractivity contribution >= 4 is 17.3 Å². The van der Waals surface area contributed by atoms with Crippen LogP contribution in [0.3, 0.4) is 0 Å². The Morgan fingerprint density at radius 3 is 2.56 bits per heavy atom. The molecule has 2 aromatic heterocycles. The third-order valence-electron chi connectivity index (χ3n) is 4.68. The average Bonchev–Trinajstić information content (AvgIpc) is 3.10. The number of anilines is 1. The minimum absolute atomic E-state index is 0.203. The zero-order valence-corrected chi connectivity index (χ0v) is 15.8. The topological polar surface area (TPSA) is 67.4 Å². The summed E-state index contributed by atoms with van der Waals surface area (Å²) in [4.78, 5) is 17.1. The summed E-state index contributed by atoms with van der Waals surface area (Å²) in [5.74, 6) is 0.820. The van der Waals surface area contributed by atoms with Crippen LogP contribution in [-0.4, -0.2) is 46.0 Å². The Bertz CT molecular complexity index is 977. The van der Waals surface area contributed by atoms with Crippen molar-refractivity contribution in [2.24, 2.45) is 0 Å². The molecule has 0 spiro atoms. The molecule has 1 fully saturated rings. The zero-order valence-electron chi connectivity index (χ0n) is 15.0. The standard InChI is InChI=1S/C19H20ClN5O2/c1-14-11-15(22-27-14)13-23-7-9-24(10-8-23)17-12-21-25(19(26)18(17)20)16-5-3-2-4-6-16/h2-6,11-12H,7-10,13H2,1H3. The van der Waals surface area contributed by atoms with Crippen molar-refractivity contribution in [1.29, 1.82) is 0 Å². The Morgan fingerprint density at radius 2 is 1.89 bits per heavy atom. The zero-order chi connectivity index (χ0) is 18.8. The summed E-state index contributed by atoms with van der Waals surface area (Å²) in [6.45, 7) is 5.89. The van der Waals surface area contributed by atoms with Crippen LogP contribution in [0.15, 0.2) is 51.9 Å². The van der Waals surface area contributed by atoms with Crippen molar-refractivity contribution in [2.45, 2.75) is 13.5 Å². The first-order chi connectivity index (χ1) is 13.1. The normalized spacial score (nSPS) is 15.3. The second-order valence-electron chi connectivity index (χ2n) is 6.59. The highest BCUT2D eigenvalue weighted by atomic mass is 35.5. The lowest BCUT2D eigenvalue weighted by atomic mass is 10.2. The molecule has 140 valence electrons. The van der Waals surface area contributed by atoms with Gasteiger partial charge in [0.05, 0.1) is 23.3 Å². The largest absolute Gasteiger partial charge is 0.366 e. The van der Waals surface area contributed by atoms with Crippen LogP contribution in [0, 0.1) is 6.92 Å². The third kappa shape index (κ3) is 3.74. The highest BCUT2D eigenvalue weighted by Gasteiger charge is 2.22. The first kappa shape index (κ1) is 17.8. The Morgan fingerprint density at radius 1 is 1.15 bits per heavy atom. The SMILES string of the molecule is Cc1cc(CN2CCN(c3cnn(-c4ccccc4)c(=O)c3Cl)CC2)no1. The number of benzene rings is 1. The summed E-state index contributed by atoms with van der Waals surface area (Å²) in [6.07, 6.45) is 1.67. The van der Waals surface area contributed by atoms with Gasteiger partial charge in [0, 0.05) is 38.8 Å². The van der Waals surface area contributed by atoms with Crippen LogP contribution < -0.4 is 10.5 Å². The maximum Gasteiger partial charge on any atom is 0.292 e. The van der Waals surface area contributed by atoms with Gasteiger partial charge in [-0.2, -0.15) is 9.78 Å². The van der Waals surface area contributed by atoms with Crippen LogP contribution in [0.4, 0.5) is 5.69 Å². The lowest BCUT2D eigenvalue weighted by Crippen LogP contribution is -2.46. The van der Waals surface area contributed by atoms with Crippen molar-refractivity contribution in [3.63, 3.8) is 0 Å². The number of halogens is 1. The first-order valence-electron chi connectivity index (χ1n) is 8.84. The fraction of sp³-hybridized carbons (Fsp3) is 0.316. The van der Waals surface area contributed by atoms with Crippen LogP contribution in [0.5, 0.6) is 0 Å². The van der Waals surface area contributed by atoms with Crippen molar-refractivity contribution in [3.8, 4) is 5.69 Å². The predicted molar refractivity (Wildman–Crippen MR) is 104 cm³/mol. The fourth-order valence-corrected chi connectivity index (χ4v) is 3.51. The molecule has 0 aliphatic carbocycles.